The molecule has 1 fully saturated rings. The van der Waals surface area contributed by atoms with Crippen LogP contribution in [0, 0.1) is 0 Å². The van der Waals surface area contributed by atoms with Crippen LogP contribution in [0.15, 0.2) is 0 Å². The van der Waals surface area contributed by atoms with Gasteiger partial charge in [-0.3, -0.25) is 4.79 Å². The molecule has 3 N–H and O–H groups in total. The Morgan fingerprint density at radius 2 is 2.35 bits per heavy atom. The van der Waals surface area contributed by atoms with Crippen LogP contribution in [0.4, 0.5) is 0 Å². The van der Waals surface area contributed by atoms with Crippen LogP contribution in [0.3, 0.4) is 0 Å². The zero-order chi connectivity index (χ0) is 12.7. The van der Waals surface area contributed by atoms with Crippen molar-refractivity contribution < 1.29 is 9.90 Å². The summed E-state index contributed by atoms with van der Waals surface area (Å²) in [4.78, 5) is 12.2. The third-order valence-corrected chi connectivity index (χ3v) is 3.44. The van der Waals surface area contributed by atoms with Gasteiger partial charge in [-0.1, -0.05) is 13.3 Å². The molecule has 2 atom stereocenters. The van der Waals surface area contributed by atoms with Crippen molar-refractivity contribution in [1.82, 2.24) is 10.6 Å². The molecule has 0 aromatic heterocycles. The van der Waals surface area contributed by atoms with Crippen LogP contribution >= 0.6 is 0 Å². The van der Waals surface area contributed by atoms with E-state index in [1.807, 2.05) is 0 Å². The van der Waals surface area contributed by atoms with Gasteiger partial charge in [-0.25, -0.2) is 0 Å². The summed E-state index contributed by atoms with van der Waals surface area (Å²) in [5, 5.41) is 15.5. The molecular formula is C13H26N2O2. The molecule has 1 heterocycles. The van der Waals surface area contributed by atoms with E-state index in [-0.39, 0.29) is 17.6 Å². The van der Waals surface area contributed by atoms with Gasteiger partial charge in [0.1, 0.15) is 0 Å². The second kappa shape index (κ2) is 6.97. The number of amides is 1. The highest BCUT2D eigenvalue weighted by Gasteiger charge is 2.39. The Balaban J connectivity index is 2.33. The number of hydrogen-bond donors (Lipinski definition) is 3. The first-order valence-corrected chi connectivity index (χ1v) is 6.82. The van der Waals surface area contributed by atoms with Gasteiger partial charge < -0.3 is 15.7 Å². The Morgan fingerprint density at radius 1 is 1.59 bits per heavy atom. The first kappa shape index (κ1) is 14.5. The zero-order valence-electron chi connectivity index (χ0n) is 11.1. The maximum atomic E-state index is 12.2. The van der Waals surface area contributed by atoms with Crippen LogP contribution < -0.4 is 10.6 Å². The fraction of sp³-hybridized carbons (Fsp3) is 0.923. The molecule has 1 aliphatic rings. The highest BCUT2D eigenvalue weighted by atomic mass is 16.3. The molecule has 2 unspecified atom stereocenters. The van der Waals surface area contributed by atoms with Gasteiger partial charge in [-0.05, 0) is 45.6 Å². The smallest absolute Gasteiger partial charge is 0.240 e. The standard InChI is InChI=1S/C13H26N2O2/c1-3-7-13(8-5-10-15-13)12(17)14-9-4-6-11(2)16/h11,15-16H,3-10H2,1-2H3,(H,14,17). The first-order chi connectivity index (χ1) is 8.10. The van der Waals surface area contributed by atoms with E-state index in [1.165, 1.54) is 0 Å². The number of aliphatic hydroxyl groups is 1. The summed E-state index contributed by atoms with van der Waals surface area (Å²) in [5.74, 6) is 0.141. The summed E-state index contributed by atoms with van der Waals surface area (Å²) < 4.78 is 0. The van der Waals surface area contributed by atoms with E-state index >= 15 is 0 Å². The Morgan fingerprint density at radius 3 is 2.88 bits per heavy atom. The summed E-state index contributed by atoms with van der Waals surface area (Å²) in [7, 11) is 0. The fourth-order valence-corrected chi connectivity index (χ4v) is 2.52. The number of nitrogens with one attached hydrogen (secondary N) is 2. The van der Waals surface area contributed by atoms with E-state index in [0.29, 0.717) is 6.54 Å². The van der Waals surface area contributed by atoms with Gasteiger partial charge in [0.25, 0.3) is 0 Å². The molecule has 0 aromatic carbocycles. The predicted octanol–water partition coefficient (Wildman–Crippen LogP) is 1.19. The van der Waals surface area contributed by atoms with Crippen molar-refractivity contribution in [1.29, 1.82) is 0 Å². The van der Waals surface area contributed by atoms with Gasteiger partial charge in [-0.2, -0.15) is 0 Å². The maximum Gasteiger partial charge on any atom is 0.240 e. The normalized spacial score (nSPS) is 25.8. The summed E-state index contributed by atoms with van der Waals surface area (Å²) in [6.07, 6.45) is 5.27. The monoisotopic (exact) mass is 242 g/mol. The summed E-state index contributed by atoms with van der Waals surface area (Å²) >= 11 is 0. The van der Waals surface area contributed by atoms with Gasteiger partial charge in [0.15, 0.2) is 0 Å². The highest BCUT2D eigenvalue weighted by molar-refractivity contribution is 5.86. The van der Waals surface area contributed by atoms with Gasteiger partial charge >= 0.3 is 0 Å². The van der Waals surface area contributed by atoms with Crippen molar-refractivity contribution in [2.75, 3.05) is 13.1 Å². The number of carbonyl (C=O) groups excluding carboxylic acids is 1. The third-order valence-electron chi connectivity index (χ3n) is 3.44. The summed E-state index contributed by atoms with van der Waals surface area (Å²) in [5.41, 5.74) is -0.320. The summed E-state index contributed by atoms with van der Waals surface area (Å²) in [6.45, 7) is 5.50. The van der Waals surface area contributed by atoms with E-state index < -0.39 is 0 Å². The summed E-state index contributed by atoms with van der Waals surface area (Å²) in [6, 6.07) is 0. The molecule has 1 amide bonds. The zero-order valence-corrected chi connectivity index (χ0v) is 11.1. The number of aliphatic hydroxyl groups excluding tert-OH is 1. The molecule has 17 heavy (non-hydrogen) atoms. The van der Waals surface area contributed by atoms with Crippen LogP contribution in [0.25, 0.3) is 0 Å². The average molecular weight is 242 g/mol. The molecule has 0 radical (unpaired) electrons. The molecule has 0 saturated carbocycles. The molecule has 1 aliphatic heterocycles. The first-order valence-electron chi connectivity index (χ1n) is 6.82. The minimum Gasteiger partial charge on any atom is -0.393 e. The van der Waals surface area contributed by atoms with Crippen molar-refractivity contribution in [3.8, 4) is 0 Å². The molecule has 1 rings (SSSR count). The fourth-order valence-electron chi connectivity index (χ4n) is 2.52. The van der Waals surface area contributed by atoms with Gasteiger partial charge in [-0.15, -0.1) is 0 Å². The molecule has 4 nitrogen and oxygen atoms in total. The van der Waals surface area contributed by atoms with E-state index in [1.54, 1.807) is 6.92 Å². The molecule has 0 aliphatic carbocycles. The Labute approximate surface area is 104 Å². The van der Waals surface area contributed by atoms with Crippen LogP contribution in [0.2, 0.25) is 0 Å². The van der Waals surface area contributed by atoms with Crippen molar-refractivity contribution in [2.45, 2.75) is 64.0 Å². The Hall–Kier alpha value is -0.610. The van der Waals surface area contributed by atoms with Crippen molar-refractivity contribution in [3.63, 3.8) is 0 Å². The molecule has 1 saturated heterocycles. The molecule has 100 valence electrons. The quantitative estimate of drug-likeness (QED) is 0.588. The Bertz CT molecular complexity index is 236. The van der Waals surface area contributed by atoms with E-state index in [2.05, 4.69) is 17.6 Å². The van der Waals surface area contributed by atoms with Crippen molar-refractivity contribution >= 4 is 5.91 Å². The second-order valence-electron chi connectivity index (χ2n) is 5.11. The topological polar surface area (TPSA) is 61.4 Å². The van der Waals surface area contributed by atoms with E-state index in [0.717, 1.165) is 45.1 Å². The molecule has 0 bridgehead atoms. The second-order valence-corrected chi connectivity index (χ2v) is 5.11. The van der Waals surface area contributed by atoms with E-state index in [4.69, 9.17) is 5.11 Å². The van der Waals surface area contributed by atoms with Crippen LogP contribution in [-0.4, -0.2) is 35.7 Å². The lowest BCUT2D eigenvalue weighted by Crippen LogP contribution is -2.53. The van der Waals surface area contributed by atoms with Gasteiger partial charge in [0.2, 0.25) is 5.91 Å². The number of hydrogen-bond acceptors (Lipinski definition) is 3. The van der Waals surface area contributed by atoms with Crippen molar-refractivity contribution in [2.24, 2.45) is 0 Å². The molecule has 4 heteroatoms. The average Bonchev–Trinajstić information content (AvgIpc) is 2.74. The molecular weight excluding hydrogens is 216 g/mol. The number of carbonyl (C=O) groups is 1. The van der Waals surface area contributed by atoms with Crippen LogP contribution in [0.1, 0.15) is 52.4 Å². The van der Waals surface area contributed by atoms with Gasteiger partial charge in [0, 0.05) is 6.54 Å². The van der Waals surface area contributed by atoms with Gasteiger partial charge in [0.05, 0.1) is 11.6 Å². The highest BCUT2D eigenvalue weighted by Crippen LogP contribution is 2.24. The lowest BCUT2D eigenvalue weighted by Gasteiger charge is -2.27. The largest absolute Gasteiger partial charge is 0.393 e. The van der Waals surface area contributed by atoms with Crippen LogP contribution in [-0.2, 0) is 4.79 Å². The lowest BCUT2D eigenvalue weighted by molar-refractivity contribution is -0.127. The SMILES string of the molecule is CCCC1(C(=O)NCCCC(C)O)CCCN1. The third kappa shape index (κ3) is 4.28. The minimum absolute atomic E-state index is 0.141. The molecule has 0 aromatic rings. The van der Waals surface area contributed by atoms with Crippen molar-refractivity contribution in [3.05, 3.63) is 0 Å². The number of rotatable bonds is 7. The predicted molar refractivity (Wildman–Crippen MR) is 68.8 cm³/mol. The molecule has 0 spiro atoms. The maximum absolute atomic E-state index is 12.2. The van der Waals surface area contributed by atoms with E-state index in [9.17, 15) is 4.79 Å². The minimum atomic E-state index is -0.320. The lowest BCUT2D eigenvalue weighted by atomic mass is 9.91. The Kier molecular flexibility index (Phi) is 5.92. The van der Waals surface area contributed by atoms with Crippen LogP contribution in [0.5, 0.6) is 0 Å².